The van der Waals surface area contributed by atoms with Gasteiger partial charge in [-0.1, -0.05) is 25.1 Å². The van der Waals surface area contributed by atoms with Crippen molar-refractivity contribution in [3.05, 3.63) is 63.7 Å². The highest BCUT2D eigenvalue weighted by Gasteiger charge is 2.23. The average molecular weight is 287 g/mol. The molecule has 0 unspecified atom stereocenters. The second-order valence-corrected chi connectivity index (χ2v) is 4.32. The van der Waals surface area contributed by atoms with Crippen molar-refractivity contribution in [2.45, 2.75) is 13.3 Å². The summed E-state index contributed by atoms with van der Waals surface area (Å²) in [5.41, 5.74) is 0.367. The summed E-state index contributed by atoms with van der Waals surface area (Å²) in [6.45, 7) is 1.97. The van der Waals surface area contributed by atoms with Gasteiger partial charge in [0.25, 0.3) is 0 Å². The van der Waals surface area contributed by atoms with Crippen LogP contribution in [0.15, 0.2) is 42.5 Å². The van der Waals surface area contributed by atoms with Crippen molar-refractivity contribution in [2.75, 3.05) is 0 Å². The van der Waals surface area contributed by atoms with Gasteiger partial charge in [-0.15, -0.1) is 0 Å². The van der Waals surface area contributed by atoms with Crippen molar-refractivity contribution in [1.82, 2.24) is 0 Å². The maximum Gasteiger partial charge on any atom is 0.339 e. The van der Waals surface area contributed by atoms with E-state index >= 15 is 0 Å². The first-order chi connectivity index (χ1) is 10.0. The Kier molecular flexibility index (Phi) is 4.18. The second-order valence-electron chi connectivity index (χ2n) is 4.32. The molecule has 0 radical (unpaired) electrons. The van der Waals surface area contributed by atoms with Gasteiger partial charge in [-0.25, -0.2) is 4.79 Å². The topological polar surface area (TPSA) is 89.7 Å². The van der Waals surface area contributed by atoms with Gasteiger partial charge in [0.1, 0.15) is 11.3 Å². The molecule has 0 amide bonds. The average Bonchev–Trinajstić information content (AvgIpc) is 2.47. The first-order valence-corrected chi connectivity index (χ1v) is 6.30. The molecule has 2 aromatic rings. The Balaban J connectivity index is 2.50. The molecule has 0 saturated heterocycles. The number of rotatable bonds is 5. The van der Waals surface area contributed by atoms with Crippen molar-refractivity contribution in [3.8, 4) is 11.5 Å². The van der Waals surface area contributed by atoms with Crippen LogP contribution in [0.5, 0.6) is 11.5 Å². The summed E-state index contributed by atoms with van der Waals surface area (Å²) < 4.78 is 5.48. The first kappa shape index (κ1) is 14.5. The van der Waals surface area contributed by atoms with Crippen LogP contribution < -0.4 is 4.74 Å². The highest BCUT2D eigenvalue weighted by Crippen LogP contribution is 2.35. The number of para-hydroxylation sites is 1. The second kappa shape index (κ2) is 6.04. The van der Waals surface area contributed by atoms with Gasteiger partial charge in [0.15, 0.2) is 0 Å². The van der Waals surface area contributed by atoms with E-state index in [0.717, 1.165) is 12.0 Å². The van der Waals surface area contributed by atoms with Gasteiger partial charge in [0, 0.05) is 6.07 Å². The molecular formula is C15H13NO5. The number of nitro benzene ring substituents is 1. The third-order valence-corrected chi connectivity index (χ3v) is 2.95. The molecule has 0 aliphatic carbocycles. The van der Waals surface area contributed by atoms with E-state index in [2.05, 4.69) is 0 Å². The van der Waals surface area contributed by atoms with Crippen molar-refractivity contribution >= 4 is 11.7 Å². The molecule has 6 heteroatoms. The fraction of sp³-hybridized carbons (Fsp3) is 0.133. The minimum absolute atomic E-state index is 0.244. The number of aryl methyl sites for hydroxylation is 1. The maximum absolute atomic E-state index is 11.2. The van der Waals surface area contributed by atoms with Crippen molar-refractivity contribution in [1.29, 1.82) is 0 Å². The SMILES string of the molecule is CCc1cccc(Oc2c(C(=O)O)cccc2[N+](=O)[O-])c1. The number of carboxylic acids is 1. The maximum atomic E-state index is 11.2. The Hall–Kier alpha value is -2.89. The van der Waals surface area contributed by atoms with Crippen molar-refractivity contribution < 1.29 is 19.6 Å². The molecule has 0 atom stereocenters. The van der Waals surface area contributed by atoms with E-state index in [0.29, 0.717) is 5.75 Å². The van der Waals surface area contributed by atoms with Gasteiger partial charge in [-0.2, -0.15) is 0 Å². The quantitative estimate of drug-likeness (QED) is 0.669. The van der Waals surface area contributed by atoms with E-state index in [-0.39, 0.29) is 17.0 Å². The molecular weight excluding hydrogens is 274 g/mol. The molecule has 0 saturated carbocycles. The monoisotopic (exact) mass is 287 g/mol. The van der Waals surface area contributed by atoms with Gasteiger partial charge < -0.3 is 9.84 Å². The normalized spacial score (nSPS) is 10.1. The van der Waals surface area contributed by atoms with E-state index < -0.39 is 10.9 Å². The van der Waals surface area contributed by atoms with E-state index in [4.69, 9.17) is 9.84 Å². The summed E-state index contributed by atoms with van der Waals surface area (Å²) in [5.74, 6) is -1.17. The summed E-state index contributed by atoms with van der Waals surface area (Å²) in [6.07, 6.45) is 0.778. The number of ether oxygens (including phenoxy) is 1. The van der Waals surface area contributed by atoms with Crippen LogP contribution >= 0.6 is 0 Å². The molecule has 2 rings (SSSR count). The van der Waals surface area contributed by atoms with Crippen LogP contribution in [0, 0.1) is 10.1 Å². The summed E-state index contributed by atoms with van der Waals surface area (Å²) in [4.78, 5) is 21.6. The van der Waals surface area contributed by atoms with E-state index in [1.54, 1.807) is 18.2 Å². The molecule has 0 spiro atoms. The van der Waals surface area contributed by atoms with Crippen LogP contribution in [0.4, 0.5) is 5.69 Å². The van der Waals surface area contributed by atoms with Crippen LogP contribution in [-0.4, -0.2) is 16.0 Å². The Morgan fingerprint density at radius 3 is 2.62 bits per heavy atom. The molecule has 108 valence electrons. The Labute approximate surface area is 120 Å². The molecule has 1 N–H and O–H groups in total. The molecule has 0 bridgehead atoms. The first-order valence-electron chi connectivity index (χ1n) is 6.30. The molecule has 6 nitrogen and oxygen atoms in total. The van der Waals surface area contributed by atoms with E-state index in [1.807, 2.05) is 13.0 Å². The zero-order chi connectivity index (χ0) is 15.4. The highest BCUT2D eigenvalue weighted by atomic mass is 16.6. The molecule has 0 heterocycles. The van der Waals surface area contributed by atoms with Crippen LogP contribution in [0.2, 0.25) is 0 Å². The van der Waals surface area contributed by atoms with Gasteiger partial charge in [-0.3, -0.25) is 10.1 Å². The fourth-order valence-corrected chi connectivity index (χ4v) is 1.89. The Morgan fingerprint density at radius 1 is 1.29 bits per heavy atom. The number of hydrogen-bond donors (Lipinski definition) is 1. The molecule has 21 heavy (non-hydrogen) atoms. The highest BCUT2D eigenvalue weighted by molar-refractivity contribution is 5.92. The number of nitro groups is 1. The smallest absolute Gasteiger partial charge is 0.339 e. The van der Waals surface area contributed by atoms with E-state index in [1.165, 1.54) is 18.2 Å². The summed E-state index contributed by atoms with van der Waals surface area (Å²) >= 11 is 0. The van der Waals surface area contributed by atoms with Gasteiger partial charge in [-0.05, 0) is 30.2 Å². The standard InChI is InChI=1S/C15H13NO5/c1-2-10-5-3-6-11(9-10)21-14-12(15(17)18)7-4-8-13(14)16(19)20/h3-9H,2H2,1H3,(H,17,18). The number of carboxylic acid groups (broad SMARTS) is 1. The zero-order valence-electron chi connectivity index (χ0n) is 11.3. The predicted molar refractivity (Wildman–Crippen MR) is 75.9 cm³/mol. The lowest BCUT2D eigenvalue weighted by Gasteiger charge is -2.10. The third kappa shape index (κ3) is 3.17. The van der Waals surface area contributed by atoms with Crippen LogP contribution in [0.1, 0.15) is 22.8 Å². The van der Waals surface area contributed by atoms with Crippen molar-refractivity contribution in [3.63, 3.8) is 0 Å². The van der Waals surface area contributed by atoms with Gasteiger partial charge >= 0.3 is 11.7 Å². The number of aromatic carboxylic acids is 1. The van der Waals surface area contributed by atoms with Crippen LogP contribution in [0.25, 0.3) is 0 Å². The van der Waals surface area contributed by atoms with Crippen LogP contribution in [-0.2, 0) is 6.42 Å². The minimum atomic E-state index is -1.28. The number of hydrogen-bond acceptors (Lipinski definition) is 4. The Bertz CT molecular complexity index is 664. The molecule has 0 aromatic heterocycles. The summed E-state index contributed by atoms with van der Waals surface area (Å²) in [5, 5.41) is 20.2. The number of nitrogens with zero attached hydrogens (tertiary/aromatic N) is 1. The lowest BCUT2D eigenvalue weighted by Crippen LogP contribution is -2.03. The zero-order valence-corrected chi connectivity index (χ0v) is 11.3. The molecule has 0 aliphatic heterocycles. The largest absolute Gasteiger partial charge is 0.478 e. The lowest BCUT2D eigenvalue weighted by atomic mass is 10.1. The lowest BCUT2D eigenvalue weighted by molar-refractivity contribution is -0.385. The fourth-order valence-electron chi connectivity index (χ4n) is 1.89. The Morgan fingerprint density at radius 2 is 2.00 bits per heavy atom. The summed E-state index contributed by atoms with van der Waals surface area (Å²) in [7, 11) is 0. The summed E-state index contributed by atoms with van der Waals surface area (Å²) in [6, 6.07) is 10.8. The van der Waals surface area contributed by atoms with Gasteiger partial charge in [0.05, 0.1) is 4.92 Å². The van der Waals surface area contributed by atoms with Crippen molar-refractivity contribution in [2.24, 2.45) is 0 Å². The number of carbonyl (C=O) groups is 1. The third-order valence-electron chi connectivity index (χ3n) is 2.95. The molecule has 0 fully saturated rings. The van der Waals surface area contributed by atoms with Gasteiger partial charge in [0.2, 0.25) is 5.75 Å². The predicted octanol–water partition coefficient (Wildman–Crippen LogP) is 3.65. The molecule has 2 aromatic carbocycles. The number of benzene rings is 2. The minimum Gasteiger partial charge on any atom is -0.478 e. The van der Waals surface area contributed by atoms with Crippen LogP contribution in [0.3, 0.4) is 0 Å². The molecule has 0 aliphatic rings. The van der Waals surface area contributed by atoms with E-state index in [9.17, 15) is 14.9 Å².